The molecular formula is C10H8Br2N4O2. The number of carbonyl (C=O) groups excluding carboxylic acids is 1. The highest BCUT2D eigenvalue weighted by atomic mass is 79.9. The topological polar surface area (TPSA) is 83.0 Å². The summed E-state index contributed by atoms with van der Waals surface area (Å²) in [7, 11) is 1.27. The molecule has 0 atom stereocenters. The van der Waals surface area contributed by atoms with Crippen molar-refractivity contribution in [3.8, 4) is 5.82 Å². The van der Waals surface area contributed by atoms with Crippen LogP contribution in [0.4, 0.5) is 5.69 Å². The zero-order chi connectivity index (χ0) is 13.3. The van der Waals surface area contributed by atoms with Gasteiger partial charge in [0.1, 0.15) is 0 Å². The largest absolute Gasteiger partial charge is 0.464 e. The summed E-state index contributed by atoms with van der Waals surface area (Å²) in [5.41, 5.74) is 6.00. The fraction of sp³-hybridized carbons (Fsp3) is 0.100. The van der Waals surface area contributed by atoms with Crippen molar-refractivity contribution in [1.82, 2.24) is 14.8 Å². The SMILES string of the molecule is COC(=O)c1nn(-c2ncc(Br)cc2Br)cc1N. The van der Waals surface area contributed by atoms with Crippen LogP contribution in [0.15, 0.2) is 27.4 Å². The van der Waals surface area contributed by atoms with Crippen molar-refractivity contribution in [2.45, 2.75) is 0 Å². The average Bonchev–Trinajstić information content (AvgIpc) is 2.70. The van der Waals surface area contributed by atoms with Crippen molar-refractivity contribution in [2.75, 3.05) is 12.8 Å². The number of ether oxygens (including phenoxy) is 1. The average molecular weight is 376 g/mol. The lowest BCUT2D eigenvalue weighted by atomic mass is 10.4. The molecule has 0 saturated carbocycles. The molecule has 0 spiro atoms. The number of rotatable bonds is 2. The molecule has 6 nitrogen and oxygen atoms in total. The van der Waals surface area contributed by atoms with Crippen LogP contribution in [0.3, 0.4) is 0 Å². The summed E-state index contributed by atoms with van der Waals surface area (Å²) < 4.78 is 7.54. The number of halogens is 2. The standard InChI is InChI=1S/C10H8Br2N4O2/c1-18-10(17)8-7(13)4-16(15-8)9-6(12)2-5(11)3-14-9/h2-4H,13H2,1H3. The molecule has 0 bridgehead atoms. The lowest BCUT2D eigenvalue weighted by Gasteiger charge is -2.03. The highest BCUT2D eigenvalue weighted by Gasteiger charge is 2.17. The molecule has 2 rings (SSSR count). The van der Waals surface area contributed by atoms with Gasteiger partial charge in [-0.25, -0.2) is 14.5 Å². The molecule has 0 amide bonds. The molecule has 2 aromatic rings. The number of hydrogen-bond donors (Lipinski definition) is 1. The molecule has 0 radical (unpaired) electrons. The number of nitrogen functional groups attached to an aromatic ring is 1. The Morgan fingerprint density at radius 3 is 2.83 bits per heavy atom. The first-order chi connectivity index (χ1) is 8.52. The fourth-order valence-electron chi connectivity index (χ4n) is 1.33. The van der Waals surface area contributed by atoms with Gasteiger partial charge in [0.15, 0.2) is 11.5 Å². The molecule has 0 saturated heterocycles. The van der Waals surface area contributed by atoms with Gasteiger partial charge in [-0.3, -0.25) is 0 Å². The normalized spacial score (nSPS) is 10.4. The zero-order valence-corrected chi connectivity index (χ0v) is 12.4. The maximum Gasteiger partial charge on any atom is 0.360 e. The summed E-state index contributed by atoms with van der Waals surface area (Å²) in [6.45, 7) is 0. The zero-order valence-electron chi connectivity index (χ0n) is 9.22. The van der Waals surface area contributed by atoms with Crippen LogP contribution in [0, 0.1) is 0 Å². The van der Waals surface area contributed by atoms with Crippen molar-refractivity contribution in [3.63, 3.8) is 0 Å². The van der Waals surface area contributed by atoms with Crippen molar-refractivity contribution < 1.29 is 9.53 Å². The summed E-state index contributed by atoms with van der Waals surface area (Å²) in [6, 6.07) is 1.82. The van der Waals surface area contributed by atoms with Crippen LogP contribution in [0.25, 0.3) is 5.82 Å². The van der Waals surface area contributed by atoms with E-state index in [4.69, 9.17) is 5.73 Å². The number of pyridine rings is 1. The highest BCUT2D eigenvalue weighted by molar-refractivity contribution is 9.11. The predicted octanol–water partition coefficient (Wildman–Crippen LogP) is 2.16. The van der Waals surface area contributed by atoms with E-state index in [2.05, 4.69) is 46.7 Å². The molecule has 0 aliphatic carbocycles. The molecule has 0 aromatic carbocycles. The molecule has 2 aromatic heterocycles. The summed E-state index contributed by atoms with van der Waals surface area (Å²) in [4.78, 5) is 15.6. The van der Waals surface area contributed by atoms with E-state index in [9.17, 15) is 4.79 Å². The number of esters is 1. The molecule has 2 heterocycles. The van der Waals surface area contributed by atoms with E-state index in [1.54, 1.807) is 6.20 Å². The Kier molecular flexibility index (Phi) is 3.67. The van der Waals surface area contributed by atoms with Crippen LogP contribution in [0.5, 0.6) is 0 Å². The molecule has 94 valence electrons. The van der Waals surface area contributed by atoms with Crippen LogP contribution in [0.2, 0.25) is 0 Å². The number of nitrogens with zero attached hydrogens (tertiary/aromatic N) is 3. The van der Waals surface area contributed by atoms with E-state index in [1.807, 2.05) is 6.07 Å². The first-order valence-electron chi connectivity index (χ1n) is 4.78. The Morgan fingerprint density at radius 2 is 2.22 bits per heavy atom. The van der Waals surface area contributed by atoms with Gasteiger partial charge in [0, 0.05) is 10.7 Å². The van der Waals surface area contributed by atoms with Gasteiger partial charge >= 0.3 is 5.97 Å². The van der Waals surface area contributed by atoms with E-state index < -0.39 is 5.97 Å². The second-order valence-corrected chi connectivity index (χ2v) is 5.10. The Labute approximate surface area is 119 Å². The monoisotopic (exact) mass is 374 g/mol. The maximum atomic E-state index is 11.4. The number of aromatic nitrogens is 3. The smallest absolute Gasteiger partial charge is 0.360 e. The van der Waals surface area contributed by atoms with Gasteiger partial charge in [-0.1, -0.05) is 0 Å². The van der Waals surface area contributed by atoms with E-state index in [0.29, 0.717) is 5.82 Å². The number of methoxy groups -OCH3 is 1. The molecule has 0 fully saturated rings. The van der Waals surface area contributed by atoms with Crippen molar-refractivity contribution in [2.24, 2.45) is 0 Å². The Bertz CT molecular complexity index is 612. The van der Waals surface area contributed by atoms with Crippen molar-refractivity contribution in [3.05, 3.63) is 33.1 Å². The molecule has 0 unspecified atom stereocenters. The Balaban J connectivity index is 2.49. The summed E-state index contributed by atoms with van der Waals surface area (Å²) in [5.74, 6) is -0.0560. The highest BCUT2D eigenvalue weighted by Crippen LogP contribution is 2.23. The number of anilines is 1. The van der Waals surface area contributed by atoms with E-state index in [0.717, 1.165) is 8.95 Å². The quantitative estimate of drug-likeness (QED) is 0.813. The van der Waals surface area contributed by atoms with Gasteiger partial charge in [0.05, 0.1) is 23.5 Å². The second-order valence-electron chi connectivity index (χ2n) is 3.33. The number of carbonyl (C=O) groups is 1. The van der Waals surface area contributed by atoms with E-state index in [-0.39, 0.29) is 11.4 Å². The Morgan fingerprint density at radius 1 is 1.50 bits per heavy atom. The first-order valence-corrected chi connectivity index (χ1v) is 6.36. The number of nitrogens with two attached hydrogens (primary N) is 1. The summed E-state index contributed by atoms with van der Waals surface area (Å²) >= 11 is 6.66. The third-order valence-corrected chi connectivity index (χ3v) is 3.14. The molecule has 0 aliphatic heterocycles. The van der Waals surface area contributed by atoms with Gasteiger partial charge in [0.25, 0.3) is 0 Å². The van der Waals surface area contributed by atoms with E-state index in [1.165, 1.54) is 18.0 Å². The van der Waals surface area contributed by atoms with Crippen LogP contribution >= 0.6 is 31.9 Å². The molecule has 2 N–H and O–H groups in total. The minimum Gasteiger partial charge on any atom is -0.464 e. The first kappa shape index (κ1) is 13.0. The van der Waals surface area contributed by atoms with Crippen molar-refractivity contribution in [1.29, 1.82) is 0 Å². The molecule has 8 heteroatoms. The van der Waals surface area contributed by atoms with Crippen molar-refractivity contribution >= 4 is 43.5 Å². The molecule has 0 aliphatic rings. The van der Waals surface area contributed by atoms with Crippen LogP contribution in [-0.2, 0) is 4.74 Å². The van der Waals surface area contributed by atoms with Gasteiger partial charge < -0.3 is 10.5 Å². The summed E-state index contributed by atoms with van der Waals surface area (Å²) in [6.07, 6.45) is 3.13. The Hall–Kier alpha value is -1.41. The maximum absolute atomic E-state index is 11.4. The lowest BCUT2D eigenvalue weighted by Crippen LogP contribution is -2.06. The number of hydrogen-bond acceptors (Lipinski definition) is 5. The minimum absolute atomic E-state index is 0.0640. The second kappa shape index (κ2) is 5.07. The van der Waals surface area contributed by atoms with Crippen LogP contribution in [0.1, 0.15) is 10.5 Å². The van der Waals surface area contributed by atoms with E-state index >= 15 is 0 Å². The van der Waals surface area contributed by atoms with Crippen LogP contribution in [-0.4, -0.2) is 27.8 Å². The predicted molar refractivity (Wildman–Crippen MR) is 72.5 cm³/mol. The lowest BCUT2D eigenvalue weighted by molar-refractivity contribution is 0.0594. The fourth-order valence-corrected chi connectivity index (χ4v) is 2.50. The van der Waals surface area contributed by atoms with Gasteiger partial charge in [0.2, 0.25) is 0 Å². The minimum atomic E-state index is -0.584. The molecule has 18 heavy (non-hydrogen) atoms. The third-order valence-electron chi connectivity index (χ3n) is 2.13. The third kappa shape index (κ3) is 2.39. The van der Waals surface area contributed by atoms with Crippen LogP contribution < -0.4 is 5.73 Å². The van der Waals surface area contributed by atoms with Gasteiger partial charge in [-0.05, 0) is 37.9 Å². The van der Waals surface area contributed by atoms with Gasteiger partial charge in [-0.2, -0.15) is 5.10 Å². The summed E-state index contributed by atoms with van der Waals surface area (Å²) in [5, 5.41) is 4.05. The van der Waals surface area contributed by atoms with Gasteiger partial charge in [-0.15, -0.1) is 0 Å². The molecular weight excluding hydrogens is 368 g/mol.